The van der Waals surface area contributed by atoms with E-state index in [9.17, 15) is 9.59 Å². The van der Waals surface area contributed by atoms with E-state index in [2.05, 4.69) is 10.4 Å². The predicted octanol–water partition coefficient (Wildman–Crippen LogP) is 1.26. The van der Waals surface area contributed by atoms with E-state index >= 15 is 0 Å². The third kappa shape index (κ3) is 3.20. The molecular formula is C14H21ClN4O2. The highest BCUT2D eigenvalue weighted by Gasteiger charge is 2.32. The first-order valence-electron chi connectivity index (χ1n) is 7.07. The summed E-state index contributed by atoms with van der Waals surface area (Å²) in [5, 5.41) is 7.58. The van der Waals surface area contributed by atoms with Crippen LogP contribution in [0.2, 0.25) is 5.15 Å². The van der Waals surface area contributed by atoms with Gasteiger partial charge >= 0.3 is 0 Å². The van der Waals surface area contributed by atoms with Gasteiger partial charge in [-0.15, -0.1) is 0 Å². The van der Waals surface area contributed by atoms with Gasteiger partial charge in [0.15, 0.2) is 0 Å². The molecule has 1 fully saturated rings. The summed E-state index contributed by atoms with van der Waals surface area (Å²) in [6.45, 7) is 6.50. The molecule has 0 radical (unpaired) electrons. The van der Waals surface area contributed by atoms with Crippen LogP contribution in [0.3, 0.4) is 0 Å². The number of hydrogen-bond donors (Lipinski definition) is 1. The Labute approximate surface area is 129 Å². The van der Waals surface area contributed by atoms with Gasteiger partial charge in [0.2, 0.25) is 11.8 Å². The monoisotopic (exact) mass is 312 g/mol. The first-order chi connectivity index (χ1) is 9.81. The molecule has 0 aromatic carbocycles. The van der Waals surface area contributed by atoms with Gasteiger partial charge in [-0.3, -0.25) is 14.3 Å². The molecule has 1 aromatic rings. The molecule has 2 rings (SSSR count). The van der Waals surface area contributed by atoms with Gasteiger partial charge < -0.3 is 10.2 Å². The van der Waals surface area contributed by atoms with Crippen molar-refractivity contribution in [2.24, 2.45) is 13.0 Å². The number of aromatic nitrogens is 2. The van der Waals surface area contributed by atoms with Crippen molar-refractivity contribution < 1.29 is 9.59 Å². The van der Waals surface area contributed by atoms with Gasteiger partial charge in [0.25, 0.3) is 0 Å². The fourth-order valence-electron chi connectivity index (χ4n) is 2.50. The Morgan fingerprint density at radius 2 is 2.10 bits per heavy atom. The smallest absolute Gasteiger partial charge is 0.245 e. The minimum atomic E-state index is -0.476. The standard InChI is InChI=1S/C14H21ClN4O2/c1-8(2)12-14(21)19(6-5-11(20)16-12)7-10-9(3)17-18(4)13(10)15/h8,12H,5-7H2,1-4H3,(H,16,20). The molecule has 7 heteroatoms. The van der Waals surface area contributed by atoms with Crippen molar-refractivity contribution in [3.8, 4) is 0 Å². The average Bonchev–Trinajstić information content (AvgIpc) is 2.57. The molecule has 116 valence electrons. The minimum absolute atomic E-state index is 0.0486. The SMILES string of the molecule is Cc1nn(C)c(Cl)c1CN1CCC(=O)NC(C(C)C)C1=O. The lowest BCUT2D eigenvalue weighted by Crippen LogP contribution is -2.47. The average molecular weight is 313 g/mol. The Kier molecular flexibility index (Phi) is 4.56. The van der Waals surface area contributed by atoms with Crippen LogP contribution in [-0.2, 0) is 23.2 Å². The van der Waals surface area contributed by atoms with Gasteiger partial charge in [-0.25, -0.2) is 0 Å². The summed E-state index contributed by atoms with van der Waals surface area (Å²) in [7, 11) is 1.77. The minimum Gasteiger partial charge on any atom is -0.344 e. The van der Waals surface area contributed by atoms with Crippen molar-refractivity contribution in [2.45, 2.75) is 39.8 Å². The molecule has 1 aliphatic heterocycles. The van der Waals surface area contributed by atoms with Crippen molar-refractivity contribution in [3.63, 3.8) is 0 Å². The normalized spacial score (nSPS) is 19.9. The number of rotatable bonds is 3. The fourth-order valence-corrected chi connectivity index (χ4v) is 2.74. The van der Waals surface area contributed by atoms with Gasteiger partial charge in [0.05, 0.1) is 12.2 Å². The van der Waals surface area contributed by atoms with Gasteiger partial charge in [-0.1, -0.05) is 25.4 Å². The predicted molar refractivity (Wildman–Crippen MR) is 79.8 cm³/mol. The zero-order valence-corrected chi connectivity index (χ0v) is 13.6. The number of carbonyl (C=O) groups is 2. The molecule has 1 saturated heterocycles. The zero-order valence-electron chi connectivity index (χ0n) is 12.8. The number of nitrogens with one attached hydrogen (secondary N) is 1. The van der Waals surface area contributed by atoms with E-state index in [0.717, 1.165) is 11.3 Å². The van der Waals surface area contributed by atoms with Crippen LogP contribution in [0.15, 0.2) is 0 Å². The van der Waals surface area contributed by atoms with E-state index in [4.69, 9.17) is 11.6 Å². The van der Waals surface area contributed by atoms with E-state index in [1.54, 1.807) is 16.6 Å². The molecule has 2 heterocycles. The molecule has 6 nitrogen and oxygen atoms in total. The van der Waals surface area contributed by atoms with E-state index < -0.39 is 6.04 Å². The van der Waals surface area contributed by atoms with Crippen LogP contribution in [0.1, 0.15) is 31.5 Å². The fraction of sp³-hybridized carbons (Fsp3) is 0.643. The highest BCUT2D eigenvalue weighted by molar-refractivity contribution is 6.30. The van der Waals surface area contributed by atoms with Gasteiger partial charge in [0.1, 0.15) is 11.2 Å². The summed E-state index contributed by atoms with van der Waals surface area (Å²) >= 11 is 6.23. The summed E-state index contributed by atoms with van der Waals surface area (Å²) in [6, 6.07) is -0.476. The van der Waals surface area contributed by atoms with Crippen LogP contribution < -0.4 is 5.32 Å². The molecule has 2 amide bonds. The molecule has 0 spiro atoms. The molecule has 21 heavy (non-hydrogen) atoms. The third-order valence-corrected chi connectivity index (χ3v) is 4.26. The number of halogens is 1. The molecular weight excluding hydrogens is 292 g/mol. The third-order valence-electron chi connectivity index (χ3n) is 3.79. The molecule has 1 aliphatic rings. The van der Waals surface area contributed by atoms with Crippen LogP contribution in [0.25, 0.3) is 0 Å². The topological polar surface area (TPSA) is 67.2 Å². The summed E-state index contributed by atoms with van der Waals surface area (Å²) < 4.78 is 1.60. The van der Waals surface area contributed by atoms with Crippen molar-refractivity contribution in [2.75, 3.05) is 6.54 Å². The lowest BCUT2D eigenvalue weighted by Gasteiger charge is -2.26. The van der Waals surface area contributed by atoms with Gasteiger partial charge in [0, 0.05) is 25.6 Å². The first-order valence-corrected chi connectivity index (χ1v) is 7.45. The second-order valence-corrected chi connectivity index (χ2v) is 6.14. The maximum atomic E-state index is 12.6. The van der Waals surface area contributed by atoms with Gasteiger partial charge in [-0.2, -0.15) is 5.10 Å². The van der Waals surface area contributed by atoms with Crippen molar-refractivity contribution >= 4 is 23.4 Å². The van der Waals surface area contributed by atoms with Crippen LogP contribution in [-0.4, -0.2) is 39.1 Å². The summed E-state index contributed by atoms with van der Waals surface area (Å²) in [4.78, 5) is 26.0. The number of aryl methyl sites for hydroxylation is 2. The molecule has 1 unspecified atom stereocenters. The van der Waals surface area contributed by atoms with E-state index in [-0.39, 0.29) is 17.7 Å². The van der Waals surface area contributed by atoms with Crippen molar-refractivity contribution in [3.05, 3.63) is 16.4 Å². The first kappa shape index (κ1) is 15.8. The van der Waals surface area contributed by atoms with E-state index in [0.29, 0.717) is 24.7 Å². The lowest BCUT2D eigenvalue weighted by molar-refractivity contribution is -0.135. The number of nitrogens with zero attached hydrogens (tertiary/aromatic N) is 3. The van der Waals surface area contributed by atoms with E-state index in [1.165, 1.54) is 0 Å². The van der Waals surface area contributed by atoms with Crippen molar-refractivity contribution in [1.29, 1.82) is 0 Å². The quantitative estimate of drug-likeness (QED) is 0.913. The lowest BCUT2D eigenvalue weighted by atomic mass is 10.0. The maximum Gasteiger partial charge on any atom is 0.245 e. The van der Waals surface area contributed by atoms with E-state index in [1.807, 2.05) is 20.8 Å². The Hall–Kier alpha value is -1.56. The molecule has 1 aromatic heterocycles. The highest BCUT2D eigenvalue weighted by atomic mass is 35.5. The van der Waals surface area contributed by atoms with Crippen molar-refractivity contribution in [1.82, 2.24) is 20.0 Å². The Bertz CT molecular complexity index is 568. The van der Waals surface area contributed by atoms with Crippen LogP contribution in [0.4, 0.5) is 0 Å². The second-order valence-electron chi connectivity index (χ2n) is 5.78. The summed E-state index contributed by atoms with van der Waals surface area (Å²) in [5.74, 6) is -0.0961. The molecule has 1 N–H and O–H groups in total. The largest absolute Gasteiger partial charge is 0.344 e. The molecule has 1 atom stereocenters. The summed E-state index contributed by atoms with van der Waals surface area (Å²) in [6.07, 6.45) is 0.311. The number of hydrogen-bond acceptors (Lipinski definition) is 3. The van der Waals surface area contributed by atoms with Crippen LogP contribution >= 0.6 is 11.6 Å². The van der Waals surface area contributed by atoms with Crippen LogP contribution in [0.5, 0.6) is 0 Å². The second kappa shape index (κ2) is 6.05. The maximum absolute atomic E-state index is 12.6. The molecule has 0 aliphatic carbocycles. The molecule has 0 bridgehead atoms. The number of amides is 2. The summed E-state index contributed by atoms with van der Waals surface area (Å²) in [5.41, 5.74) is 1.64. The van der Waals surface area contributed by atoms with Gasteiger partial charge in [-0.05, 0) is 12.8 Å². The zero-order chi connectivity index (χ0) is 15.7. The number of carbonyl (C=O) groups excluding carboxylic acids is 2. The Morgan fingerprint density at radius 3 is 2.62 bits per heavy atom. The Balaban J connectivity index is 2.25. The van der Waals surface area contributed by atoms with Crippen LogP contribution in [0, 0.1) is 12.8 Å². The molecule has 0 saturated carbocycles. The Morgan fingerprint density at radius 1 is 1.43 bits per heavy atom. The highest BCUT2D eigenvalue weighted by Crippen LogP contribution is 2.22.